The molecule has 2 aromatic carbocycles. The van der Waals surface area contributed by atoms with E-state index in [0.29, 0.717) is 29.2 Å². The summed E-state index contributed by atoms with van der Waals surface area (Å²) in [6.45, 7) is 5.93. The van der Waals surface area contributed by atoms with Crippen molar-refractivity contribution in [2.45, 2.75) is 12.8 Å². The summed E-state index contributed by atoms with van der Waals surface area (Å²) in [5, 5.41) is 3.75. The van der Waals surface area contributed by atoms with Gasteiger partial charge in [-0.2, -0.15) is 0 Å². The fraction of sp³-hybridized carbons (Fsp3) is 0.387. The molecule has 1 aromatic heterocycles. The number of fused-ring (bicyclic) bond motifs is 2. The van der Waals surface area contributed by atoms with Crippen molar-refractivity contribution in [3.8, 4) is 11.8 Å². The van der Waals surface area contributed by atoms with Crippen molar-refractivity contribution >= 4 is 39.8 Å². The zero-order valence-electron chi connectivity index (χ0n) is 22.4. The predicted octanol–water partition coefficient (Wildman–Crippen LogP) is 4.47. The number of hydrogen-bond acceptors (Lipinski definition) is 7. The van der Waals surface area contributed by atoms with E-state index in [4.69, 9.17) is 16.3 Å². The third kappa shape index (κ3) is 5.74. The number of benzene rings is 2. The number of likely N-dealkylation sites (tertiary alicyclic amines) is 1. The smallest absolute Gasteiger partial charge is 0.165 e. The van der Waals surface area contributed by atoms with Gasteiger partial charge in [0.2, 0.25) is 0 Å². The first kappa shape index (κ1) is 26.9. The van der Waals surface area contributed by atoms with Gasteiger partial charge in [-0.15, -0.1) is 0 Å². The standard InChI is InChI=1S/C31H31ClFN5O2/c1-37-18-23-17-31(23,19-37)8-7-21-16-28-25(30(35-20-34-28)36-27-6-2-5-26(32)29(27)33)15-22(21)14-24(39)4-3-9-38-10-12-40-13-11-38/h2-6,15-16,20,23H,9-14,17-19H2,1H3,(H,34,35,36)/b4-3+/t23-,31+/m1/s1. The minimum absolute atomic E-state index is 0.00837. The highest BCUT2D eigenvalue weighted by molar-refractivity contribution is 6.31. The van der Waals surface area contributed by atoms with Crippen LogP contribution in [0.2, 0.25) is 5.02 Å². The normalized spacial score (nSPS) is 22.7. The number of nitrogens with zero attached hydrogens (tertiary/aromatic N) is 4. The lowest BCUT2D eigenvalue weighted by Gasteiger charge is -2.25. The molecule has 3 aliphatic rings. The number of piperidine rings is 1. The number of aromatic nitrogens is 2. The van der Waals surface area contributed by atoms with E-state index in [-0.39, 0.29) is 28.3 Å². The number of ether oxygens (including phenoxy) is 1. The molecule has 3 heterocycles. The second-order valence-electron chi connectivity index (χ2n) is 10.9. The van der Waals surface area contributed by atoms with Crippen LogP contribution in [0.15, 0.2) is 48.8 Å². The first-order valence-corrected chi connectivity index (χ1v) is 14.0. The van der Waals surface area contributed by atoms with E-state index < -0.39 is 5.82 Å². The molecule has 3 aromatic rings. The Hall–Kier alpha value is -3.35. The molecule has 9 heteroatoms. The number of rotatable bonds is 7. The average molecular weight is 560 g/mol. The van der Waals surface area contributed by atoms with E-state index in [0.717, 1.165) is 56.9 Å². The highest BCUT2D eigenvalue weighted by Crippen LogP contribution is 2.56. The third-order valence-electron chi connectivity index (χ3n) is 7.96. The highest BCUT2D eigenvalue weighted by Gasteiger charge is 2.58. The maximum atomic E-state index is 14.6. The van der Waals surface area contributed by atoms with Crippen molar-refractivity contribution in [3.63, 3.8) is 0 Å². The first-order chi connectivity index (χ1) is 19.4. The number of anilines is 2. The molecule has 1 aliphatic carbocycles. The maximum absolute atomic E-state index is 14.6. The van der Waals surface area contributed by atoms with Crippen LogP contribution >= 0.6 is 11.6 Å². The van der Waals surface area contributed by atoms with Crippen LogP contribution in [0.25, 0.3) is 10.9 Å². The molecule has 40 heavy (non-hydrogen) atoms. The van der Waals surface area contributed by atoms with Crippen LogP contribution in [0.4, 0.5) is 15.9 Å². The Labute approximate surface area is 238 Å². The summed E-state index contributed by atoms with van der Waals surface area (Å²) < 4.78 is 20.0. The predicted molar refractivity (Wildman–Crippen MR) is 154 cm³/mol. The van der Waals surface area contributed by atoms with Crippen LogP contribution in [-0.4, -0.2) is 78.5 Å². The Morgan fingerprint density at radius 3 is 2.95 bits per heavy atom. The molecular formula is C31H31ClFN5O2. The minimum Gasteiger partial charge on any atom is -0.379 e. The molecule has 206 valence electrons. The van der Waals surface area contributed by atoms with E-state index in [1.54, 1.807) is 18.2 Å². The maximum Gasteiger partial charge on any atom is 0.165 e. The molecule has 0 amide bonds. The molecule has 2 saturated heterocycles. The van der Waals surface area contributed by atoms with E-state index in [9.17, 15) is 9.18 Å². The lowest BCUT2D eigenvalue weighted by Crippen LogP contribution is -2.36. The number of allylic oxidation sites excluding steroid dienone is 1. The number of nitrogens with one attached hydrogen (secondary N) is 1. The van der Waals surface area contributed by atoms with Crippen LogP contribution in [0, 0.1) is 29.0 Å². The van der Waals surface area contributed by atoms with E-state index in [1.165, 1.54) is 12.4 Å². The summed E-state index contributed by atoms with van der Waals surface area (Å²) in [4.78, 5) is 26.5. The zero-order valence-corrected chi connectivity index (χ0v) is 23.2. The van der Waals surface area contributed by atoms with Gasteiger partial charge in [0.25, 0.3) is 0 Å². The monoisotopic (exact) mass is 559 g/mol. The largest absolute Gasteiger partial charge is 0.379 e. The molecule has 0 unspecified atom stereocenters. The van der Waals surface area contributed by atoms with Crippen molar-refractivity contribution in [2.75, 3.05) is 58.3 Å². The van der Waals surface area contributed by atoms with E-state index >= 15 is 0 Å². The van der Waals surface area contributed by atoms with E-state index in [1.807, 2.05) is 18.2 Å². The van der Waals surface area contributed by atoms with E-state index in [2.05, 4.69) is 44.0 Å². The molecule has 0 spiro atoms. The van der Waals surface area contributed by atoms with Crippen molar-refractivity contribution < 1.29 is 13.9 Å². The zero-order chi connectivity index (χ0) is 27.7. The van der Waals surface area contributed by atoms with Crippen LogP contribution < -0.4 is 5.32 Å². The molecule has 6 rings (SSSR count). The van der Waals surface area contributed by atoms with Gasteiger partial charge in [-0.1, -0.05) is 35.6 Å². The van der Waals surface area contributed by atoms with Crippen LogP contribution in [0.5, 0.6) is 0 Å². The Kier molecular flexibility index (Phi) is 7.56. The average Bonchev–Trinajstić information content (AvgIpc) is 3.51. The van der Waals surface area contributed by atoms with Crippen molar-refractivity contribution in [3.05, 3.63) is 70.8 Å². The number of halogens is 2. The fourth-order valence-corrected chi connectivity index (χ4v) is 5.90. The quantitative estimate of drug-likeness (QED) is 0.338. The van der Waals surface area contributed by atoms with Crippen LogP contribution in [0.3, 0.4) is 0 Å². The molecule has 1 saturated carbocycles. The van der Waals surface area contributed by atoms with Crippen LogP contribution in [-0.2, 0) is 16.0 Å². The summed E-state index contributed by atoms with van der Waals surface area (Å²) in [5.41, 5.74) is 2.51. The molecule has 7 nitrogen and oxygen atoms in total. The lowest BCUT2D eigenvalue weighted by molar-refractivity contribution is -0.114. The van der Waals surface area contributed by atoms with Gasteiger partial charge in [-0.25, -0.2) is 14.4 Å². The van der Waals surface area contributed by atoms with Gasteiger partial charge in [0.1, 0.15) is 12.1 Å². The second kappa shape index (κ2) is 11.3. The SMILES string of the molecule is CN1C[C@H]2C[C@@]2(C#Cc2cc3ncnc(Nc4cccc(Cl)c4F)c3cc2CC(=O)/C=C/CN2CCOCC2)C1. The second-order valence-corrected chi connectivity index (χ2v) is 11.3. The molecule has 2 aliphatic heterocycles. The number of hydrogen-bond donors (Lipinski definition) is 1. The van der Waals surface area contributed by atoms with Gasteiger partial charge >= 0.3 is 0 Å². The van der Waals surface area contributed by atoms with Gasteiger partial charge in [0.15, 0.2) is 11.6 Å². The lowest BCUT2D eigenvalue weighted by atomic mass is 9.98. The van der Waals surface area contributed by atoms with Crippen molar-refractivity contribution in [1.82, 2.24) is 19.8 Å². The Morgan fingerprint density at radius 2 is 2.15 bits per heavy atom. The molecule has 0 radical (unpaired) electrons. The van der Waals surface area contributed by atoms with Crippen LogP contribution in [0.1, 0.15) is 17.5 Å². The summed E-state index contributed by atoms with van der Waals surface area (Å²) in [5.74, 6) is 7.45. The minimum atomic E-state index is -0.556. The molecule has 0 bridgehead atoms. The fourth-order valence-electron chi connectivity index (χ4n) is 5.72. The Bertz CT molecular complexity index is 1540. The van der Waals surface area contributed by atoms with Gasteiger partial charge in [0, 0.05) is 55.5 Å². The molecule has 1 N–H and O–H groups in total. The molecular weight excluding hydrogens is 529 g/mol. The van der Waals surface area contributed by atoms with Gasteiger partial charge in [-0.05, 0) is 55.3 Å². The summed E-state index contributed by atoms with van der Waals surface area (Å²) in [6.07, 6.45) is 6.32. The first-order valence-electron chi connectivity index (χ1n) is 13.6. The van der Waals surface area contributed by atoms with Crippen molar-refractivity contribution in [2.24, 2.45) is 11.3 Å². The molecule has 3 fully saturated rings. The number of ketones is 1. The third-order valence-corrected chi connectivity index (χ3v) is 8.25. The Morgan fingerprint density at radius 1 is 1.30 bits per heavy atom. The number of carbonyl (C=O) groups is 1. The summed E-state index contributed by atoms with van der Waals surface area (Å²) in [7, 11) is 2.13. The van der Waals surface area contributed by atoms with Gasteiger partial charge in [0.05, 0.1) is 29.4 Å². The van der Waals surface area contributed by atoms with Gasteiger partial charge < -0.3 is 15.0 Å². The van der Waals surface area contributed by atoms with Crippen molar-refractivity contribution in [1.29, 1.82) is 0 Å². The highest BCUT2D eigenvalue weighted by atomic mass is 35.5. The van der Waals surface area contributed by atoms with Gasteiger partial charge in [-0.3, -0.25) is 9.69 Å². The molecule has 2 atom stereocenters. The summed E-state index contributed by atoms with van der Waals surface area (Å²) in [6, 6.07) is 8.58. The number of carbonyl (C=O) groups excluding carboxylic acids is 1. The Balaban J connectivity index is 1.31. The number of morpholine rings is 1. The topological polar surface area (TPSA) is 70.6 Å². The summed E-state index contributed by atoms with van der Waals surface area (Å²) >= 11 is 5.99.